The number of carbonyl (C=O) groups is 1. The first kappa shape index (κ1) is 17.7. The molecular weight excluding hydrogens is 226 g/mol. The van der Waals surface area contributed by atoms with Crippen LogP contribution in [-0.4, -0.2) is 31.7 Å². The molecule has 0 aliphatic carbocycles. The van der Waals surface area contributed by atoms with Gasteiger partial charge in [-0.25, -0.2) is 0 Å². The third-order valence-electron chi connectivity index (χ3n) is 2.22. The van der Waals surface area contributed by atoms with E-state index in [4.69, 9.17) is 4.74 Å². The van der Waals surface area contributed by atoms with E-state index in [0.29, 0.717) is 6.42 Å². The molecule has 0 bridgehead atoms. The summed E-state index contributed by atoms with van der Waals surface area (Å²) in [6.45, 7) is 10.7. The first-order valence-corrected chi connectivity index (χ1v) is 5.56. The van der Waals surface area contributed by atoms with E-state index in [-0.39, 0.29) is 24.5 Å². The van der Waals surface area contributed by atoms with E-state index in [9.17, 15) is 4.79 Å². The minimum atomic E-state index is -0.237. The lowest BCUT2D eigenvalue weighted by Gasteiger charge is -2.11. The summed E-state index contributed by atoms with van der Waals surface area (Å²) in [5.41, 5.74) is 0. The van der Waals surface area contributed by atoms with Crippen LogP contribution in [0.15, 0.2) is 0 Å². The molecule has 1 unspecified atom stereocenters. The summed E-state index contributed by atoms with van der Waals surface area (Å²) in [6, 6.07) is 0. The molecule has 0 aromatic heterocycles. The summed E-state index contributed by atoms with van der Waals surface area (Å²) >= 11 is 0. The van der Waals surface area contributed by atoms with Crippen molar-refractivity contribution >= 4 is 5.97 Å². The molecule has 0 aromatic carbocycles. The van der Waals surface area contributed by atoms with E-state index in [1.54, 1.807) is 0 Å². The van der Waals surface area contributed by atoms with Gasteiger partial charge in [-0.2, -0.15) is 0 Å². The highest BCUT2D eigenvalue weighted by molar-refractivity contribution is 5.66. The number of ether oxygens (including phenoxy) is 1. The van der Waals surface area contributed by atoms with Gasteiger partial charge in [-0.05, 0) is 26.7 Å². The summed E-state index contributed by atoms with van der Waals surface area (Å²) in [5, 5.41) is 0. The van der Waals surface area contributed by atoms with Gasteiger partial charge in [0.15, 0.2) is 0 Å². The van der Waals surface area contributed by atoms with Gasteiger partial charge >= 0.3 is 5.97 Å². The van der Waals surface area contributed by atoms with Gasteiger partial charge in [-0.15, -0.1) is 0 Å². The largest absolute Gasteiger partial charge is 1.00 e. The van der Waals surface area contributed by atoms with Crippen molar-refractivity contribution in [1.82, 2.24) is 0 Å². The van der Waals surface area contributed by atoms with Crippen LogP contribution in [0.2, 0.25) is 0 Å². The van der Waals surface area contributed by atoms with Crippen molar-refractivity contribution in [3.8, 4) is 11.8 Å². The Bertz CT molecular complexity index is 241. The standard InChI is InChI=1S/C12H21NO2.ClH/c1-5-13(6-2)10-8-7-9-11(3)15-12(4)14;/h11H,5-6,9-10H2,1-4H3;1H. The van der Waals surface area contributed by atoms with Crippen LogP contribution in [0.3, 0.4) is 0 Å². The van der Waals surface area contributed by atoms with Crippen molar-refractivity contribution in [2.45, 2.75) is 40.2 Å². The molecule has 0 saturated carbocycles. The molecule has 0 saturated heterocycles. The van der Waals surface area contributed by atoms with E-state index in [1.807, 2.05) is 6.92 Å². The van der Waals surface area contributed by atoms with Crippen LogP contribution in [-0.2, 0) is 9.53 Å². The highest BCUT2D eigenvalue weighted by Crippen LogP contribution is 1.95. The molecule has 0 fully saturated rings. The molecule has 0 aliphatic rings. The van der Waals surface area contributed by atoms with Crippen molar-refractivity contribution in [2.24, 2.45) is 0 Å². The normalized spacial score (nSPS) is 11.1. The number of hydrogen-bond donors (Lipinski definition) is 1. The number of halogens is 1. The van der Waals surface area contributed by atoms with Gasteiger partial charge in [0, 0.05) is 13.3 Å². The molecule has 0 heterocycles. The Hall–Kier alpha value is -0.720. The van der Waals surface area contributed by atoms with Gasteiger partial charge < -0.3 is 22.0 Å². The first-order chi connectivity index (χ1) is 7.10. The fraction of sp³-hybridized carbons (Fsp3) is 0.750. The second-order valence-corrected chi connectivity index (χ2v) is 3.61. The van der Waals surface area contributed by atoms with Gasteiger partial charge in [0.1, 0.15) is 12.6 Å². The van der Waals surface area contributed by atoms with Crippen LogP contribution in [0.4, 0.5) is 0 Å². The molecule has 1 N–H and O–H groups in total. The molecule has 1 atom stereocenters. The quantitative estimate of drug-likeness (QED) is 0.422. The van der Waals surface area contributed by atoms with Crippen LogP contribution >= 0.6 is 0 Å². The Morgan fingerprint density at radius 3 is 2.31 bits per heavy atom. The van der Waals surface area contributed by atoms with Crippen molar-refractivity contribution in [3.63, 3.8) is 0 Å². The summed E-state index contributed by atoms with van der Waals surface area (Å²) in [5.74, 6) is 5.92. The molecule has 0 radical (unpaired) electrons. The summed E-state index contributed by atoms with van der Waals surface area (Å²) in [6.07, 6.45) is 0.530. The number of hydrogen-bond acceptors (Lipinski definition) is 2. The summed E-state index contributed by atoms with van der Waals surface area (Å²) in [7, 11) is 0. The second kappa shape index (κ2) is 10.8. The number of carbonyl (C=O) groups excluding carboxylic acids is 1. The number of nitrogens with one attached hydrogen (secondary N) is 1. The highest BCUT2D eigenvalue weighted by Gasteiger charge is 2.02. The second-order valence-electron chi connectivity index (χ2n) is 3.61. The average Bonchev–Trinajstić information content (AvgIpc) is 2.17. The average molecular weight is 248 g/mol. The lowest BCUT2D eigenvalue weighted by atomic mass is 10.3. The topological polar surface area (TPSA) is 30.7 Å². The first-order valence-electron chi connectivity index (χ1n) is 5.56. The van der Waals surface area contributed by atoms with Crippen LogP contribution in [0, 0.1) is 11.8 Å². The molecular formula is C12H22ClNO2. The zero-order chi connectivity index (χ0) is 11.7. The Labute approximate surface area is 105 Å². The maximum absolute atomic E-state index is 10.6. The van der Waals surface area contributed by atoms with Crippen molar-refractivity contribution in [1.29, 1.82) is 0 Å². The molecule has 94 valence electrons. The molecule has 4 heteroatoms. The lowest BCUT2D eigenvalue weighted by molar-refractivity contribution is -0.889. The molecule has 16 heavy (non-hydrogen) atoms. The molecule has 3 nitrogen and oxygen atoms in total. The Kier molecular flexibility index (Phi) is 11.9. The Balaban J connectivity index is 0. The SMILES string of the molecule is CC[NH+](CC)CC#CCC(C)OC(C)=O.[Cl-]. The predicted octanol–water partition coefficient (Wildman–Crippen LogP) is -2.74. The summed E-state index contributed by atoms with van der Waals surface area (Å²) < 4.78 is 4.96. The van der Waals surface area contributed by atoms with E-state index < -0.39 is 0 Å². The maximum Gasteiger partial charge on any atom is 0.302 e. The lowest BCUT2D eigenvalue weighted by Crippen LogP contribution is -3.11. The molecule has 0 rings (SSSR count). The predicted molar refractivity (Wildman–Crippen MR) is 60.5 cm³/mol. The molecule has 0 amide bonds. The van der Waals surface area contributed by atoms with Crippen molar-refractivity contribution < 1.29 is 26.8 Å². The smallest absolute Gasteiger partial charge is 0.302 e. The molecule has 0 aliphatic heterocycles. The zero-order valence-corrected chi connectivity index (χ0v) is 11.4. The molecule has 0 aromatic rings. The highest BCUT2D eigenvalue weighted by atomic mass is 35.5. The van der Waals surface area contributed by atoms with Gasteiger partial charge in [0.2, 0.25) is 0 Å². The van der Waals surface area contributed by atoms with Crippen LogP contribution in [0.25, 0.3) is 0 Å². The fourth-order valence-corrected chi connectivity index (χ4v) is 1.23. The Morgan fingerprint density at radius 1 is 1.31 bits per heavy atom. The van der Waals surface area contributed by atoms with E-state index in [0.717, 1.165) is 19.6 Å². The minimum absolute atomic E-state index is 0. The van der Waals surface area contributed by atoms with Crippen molar-refractivity contribution in [2.75, 3.05) is 19.6 Å². The molecule has 0 spiro atoms. The third kappa shape index (κ3) is 9.82. The van der Waals surface area contributed by atoms with Gasteiger partial charge in [0.25, 0.3) is 0 Å². The van der Waals surface area contributed by atoms with E-state index in [1.165, 1.54) is 11.8 Å². The number of rotatable bonds is 5. The third-order valence-corrected chi connectivity index (χ3v) is 2.22. The maximum atomic E-state index is 10.6. The Morgan fingerprint density at radius 2 is 1.88 bits per heavy atom. The van der Waals surface area contributed by atoms with Crippen LogP contribution in [0.5, 0.6) is 0 Å². The van der Waals surface area contributed by atoms with E-state index >= 15 is 0 Å². The van der Waals surface area contributed by atoms with E-state index in [2.05, 4.69) is 25.7 Å². The fourth-order valence-electron chi connectivity index (χ4n) is 1.23. The number of quaternary nitrogens is 1. The van der Waals surface area contributed by atoms with Crippen LogP contribution in [0.1, 0.15) is 34.1 Å². The zero-order valence-electron chi connectivity index (χ0n) is 10.6. The van der Waals surface area contributed by atoms with Gasteiger partial charge in [0.05, 0.1) is 13.1 Å². The van der Waals surface area contributed by atoms with Crippen LogP contribution < -0.4 is 17.3 Å². The van der Waals surface area contributed by atoms with Crippen molar-refractivity contribution in [3.05, 3.63) is 0 Å². The monoisotopic (exact) mass is 247 g/mol. The number of esters is 1. The van der Waals surface area contributed by atoms with Gasteiger partial charge in [-0.3, -0.25) is 4.79 Å². The minimum Gasteiger partial charge on any atom is -1.00 e. The summed E-state index contributed by atoms with van der Waals surface area (Å²) in [4.78, 5) is 12.1. The van der Waals surface area contributed by atoms with Gasteiger partial charge in [-0.1, -0.05) is 5.92 Å².